The summed E-state index contributed by atoms with van der Waals surface area (Å²) in [6.45, 7) is 12.2. The van der Waals surface area contributed by atoms with Gasteiger partial charge < -0.3 is 10.6 Å². The Balaban J connectivity index is 2.56. The Hall–Kier alpha value is -0.880. The molecule has 6 heteroatoms. The van der Waals surface area contributed by atoms with Gasteiger partial charge in [-0.05, 0) is 42.6 Å². The summed E-state index contributed by atoms with van der Waals surface area (Å²) in [6, 6.07) is -0.221. The van der Waals surface area contributed by atoms with Crippen LogP contribution < -0.4 is 10.6 Å². The third-order valence-corrected chi connectivity index (χ3v) is 4.14. The summed E-state index contributed by atoms with van der Waals surface area (Å²) in [7, 11) is 0. The molecule has 1 heterocycles. The molecule has 1 atom stereocenters. The van der Waals surface area contributed by atoms with E-state index < -0.39 is 0 Å². The van der Waals surface area contributed by atoms with E-state index in [1.807, 2.05) is 18.5 Å². The van der Waals surface area contributed by atoms with Crippen LogP contribution in [0, 0.1) is 12.8 Å². The van der Waals surface area contributed by atoms with Gasteiger partial charge in [0.05, 0.1) is 21.9 Å². The molecule has 1 aromatic heterocycles. The molecule has 0 aliphatic rings. The number of halogens is 1. The lowest BCUT2D eigenvalue weighted by atomic mass is 10.2. The van der Waals surface area contributed by atoms with Gasteiger partial charge in [0.1, 0.15) is 0 Å². The summed E-state index contributed by atoms with van der Waals surface area (Å²) in [5.41, 5.74) is 2.05. The van der Waals surface area contributed by atoms with Crippen molar-refractivity contribution in [2.75, 3.05) is 6.54 Å². The highest BCUT2D eigenvalue weighted by Gasteiger charge is 2.16. The Morgan fingerprint density at radius 3 is 2.60 bits per heavy atom. The molecule has 0 radical (unpaired) electrons. The summed E-state index contributed by atoms with van der Waals surface area (Å²) in [4.78, 5) is 11.9. The number of rotatable bonds is 7. The summed E-state index contributed by atoms with van der Waals surface area (Å²) < 4.78 is 2.96. The largest absolute Gasteiger partial charge is 0.354 e. The van der Waals surface area contributed by atoms with Gasteiger partial charge in [0.2, 0.25) is 5.91 Å². The van der Waals surface area contributed by atoms with Crippen molar-refractivity contribution in [3.63, 3.8) is 0 Å². The second-order valence-electron chi connectivity index (χ2n) is 5.40. The maximum absolute atomic E-state index is 11.9. The van der Waals surface area contributed by atoms with Gasteiger partial charge in [-0.2, -0.15) is 5.10 Å². The lowest BCUT2D eigenvalue weighted by molar-refractivity contribution is -0.122. The van der Waals surface area contributed by atoms with Crippen LogP contribution in [0.5, 0.6) is 0 Å². The average molecular weight is 345 g/mol. The van der Waals surface area contributed by atoms with Gasteiger partial charge >= 0.3 is 0 Å². The maximum Gasteiger partial charge on any atom is 0.236 e. The molecular formula is C14H25BrN4O. The summed E-state index contributed by atoms with van der Waals surface area (Å²) in [5.74, 6) is 0.499. The molecule has 2 N–H and O–H groups in total. The third kappa shape index (κ3) is 4.59. The van der Waals surface area contributed by atoms with Crippen molar-refractivity contribution in [2.45, 2.75) is 53.8 Å². The van der Waals surface area contributed by atoms with Gasteiger partial charge in [0.25, 0.3) is 0 Å². The van der Waals surface area contributed by atoms with Crippen molar-refractivity contribution in [3.05, 3.63) is 15.9 Å². The minimum Gasteiger partial charge on any atom is -0.354 e. The first-order valence-corrected chi connectivity index (χ1v) is 7.88. The van der Waals surface area contributed by atoms with E-state index in [4.69, 9.17) is 0 Å². The van der Waals surface area contributed by atoms with Crippen LogP contribution in [0.2, 0.25) is 0 Å². The number of nitrogens with zero attached hydrogens (tertiary/aromatic N) is 2. The average Bonchev–Trinajstić information content (AvgIpc) is 2.68. The number of aryl methyl sites for hydroxylation is 2. The second kappa shape index (κ2) is 7.78. The van der Waals surface area contributed by atoms with Gasteiger partial charge in [0.15, 0.2) is 0 Å². The third-order valence-electron chi connectivity index (χ3n) is 3.11. The van der Waals surface area contributed by atoms with E-state index in [1.165, 1.54) is 0 Å². The first-order chi connectivity index (χ1) is 9.36. The molecule has 1 aromatic rings. The maximum atomic E-state index is 11.9. The molecule has 1 unspecified atom stereocenters. The smallest absolute Gasteiger partial charge is 0.236 e. The highest BCUT2D eigenvalue weighted by molar-refractivity contribution is 9.10. The predicted octanol–water partition coefficient (Wildman–Crippen LogP) is 2.22. The van der Waals surface area contributed by atoms with Crippen LogP contribution in [0.3, 0.4) is 0 Å². The molecule has 0 bridgehead atoms. The Labute approximate surface area is 129 Å². The number of carbonyl (C=O) groups excluding carboxylic acids is 1. The van der Waals surface area contributed by atoms with Crippen LogP contribution >= 0.6 is 15.9 Å². The zero-order valence-electron chi connectivity index (χ0n) is 13.0. The summed E-state index contributed by atoms with van der Waals surface area (Å²) >= 11 is 3.55. The molecule has 0 aromatic carbocycles. The van der Waals surface area contributed by atoms with E-state index in [0.717, 1.165) is 22.4 Å². The van der Waals surface area contributed by atoms with E-state index in [1.54, 1.807) is 0 Å². The fraction of sp³-hybridized carbons (Fsp3) is 0.714. The fourth-order valence-electron chi connectivity index (χ4n) is 1.84. The van der Waals surface area contributed by atoms with Crippen molar-refractivity contribution in [2.24, 2.45) is 5.92 Å². The first kappa shape index (κ1) is 17.2. The van der Waals surface area contributed by atoms with Gasteiger partial charge in [-0.1, -0.05) is 13.8 Å². The van der Waals surface area contributed by atoms with Gasteiger partial charge in [0, 0.05) is 19.6 Å². The Bertz CT molecular complexity index is 456. The second-order valence-corrected chi connectivity index (χ2v) is 6.20. The number of hydrogen-bond donors (Lipinski definition) is 2. The molecule has 0 aliphatic carbocycles. The molecule has 1 rings (SSSR count). The molecule has 0 aliphatic heterocycles. The molecule has 0 saturated carbocycles. The quantitative estimate of drug-likeness (QED) is 0.797. The molecule has 0 fully saturated rings. The standard InChI is InChI=1S/C14H25BrN4O/c1-6-19-12(13(15)10(4)18-19)8-16-11(5)14(20)17-7-9(2)3/h9,11,16H,6-8H2,1-5H3,(H,17,20). The Morgan fingerprint density at radius 1 is 1.40 bits per heavy atom. The number of hydrogen-bond acceptors (Lipinski definition) is 3. The van der Waals surface area contributed by atoms with Crippen LogP contribution in [0.4, 0.5) is 0 Å². The minimum absolute atomic E-state index is 0.0362. The monoisotopic (exact) mass is 344 g/mol. The molecular weight excluding hydrogens is 320 g/mol. The van der Waals surface area contributed by atoms with Crippen molar-refractivity contribution < 1.29 is 4.79 Å². The number of carbonyl (C=O) groups is 1. The molecule has 0 spiro atoms. The molecule has 114 valence electrons. The van der Waals surface area contributed by atoms with Gasteiger partial charge in [-0.25, -0.2) is 0 Å². The van der Waals surface area contributed by atoms with Crippen LogP contribution in [-0.2, 0) is 17.9 Å². The van der Waals surface area contributed by atoms with E-state index >= 15 is 0 Å². The SMILES string of the molecule is CCn1nc(C)c(Br)c1CNC(C)C(=O)NCC(C)C. The highest BCUT2D eigenvalue weighted by atomic mass is 79.9. The number of nitrogens with one attached hydrogen (secondary N) is 2. The first-order valence-electron chi connectivity index (χ1n) is 7.09. The normalized spacial score (nSPS) is 12.8. The van der Waals surface area contributed by atoms with E-state index in [0.29, 0.717) is 19.0 Å². The number of amides is 1. The van der Waals surface area contributed by atoms with E-state index in [9.17, 15) is 4.79 Å². The van der Waals surface area contributed by atoms with Crippen molar-refractivity contribution >= 4 is 21.8 Å². The lowest BCUT2D eigenvalue weighted by Crippen LogP contribution is -2.43. The van der Waals surface area contributed by atoms with Crippen molar-refractivity contribution in [1.29, 1.82) is 0 Å². The van der Waals surface area contributed by atoms with E-state index in [2.05, 4.69) is 52.4 Å². The highest BCUT2D eigenvalue weighted by Crippen LogP contribution is 2.20. The molecule has 20 heavy (non-hydrogen) atoms. The topological polar surface area (TPSA) is 59.0 Å². The van der Waals surface area contributed by atoms with Crippen LogP contribution in [0.1, 0.15) is 39.1 Å². The van der Waals surface area contributed by atoms with E-state index in [-0.39, 0.29) is 11.9 Å². The lowest BCUT2D eigenvalue weighted by Gasteiger charge is -2.15. The van der Waals surface area contributed by atoms with Crippen LogP contribution in [-0.4, -0.2) is 28.3 Å². The minimum atomic E-state index is -0.221. The van der Waals surface area contributed by atoms with Crippen LogP contribution in [0.15, 0.2) is 4.47 Å². The van der Waals surface area contributed by atoms with Crippen LogP contribution in [0.25, 0.3) is 0 Å². The fourth-order valence-corrected chi connectivity index (χ4v) is 2.26. The van der Waals surface area contributed by atoms with Gasteiger partial charge in [-0.15, -0.1) is 0 Å². The predicted molar refractivity (Wildman–Crippen MR) is 84.5 cm³/mol. The molecule has 5 nitrogen and oxygen atoms in total. The van der Waals surface area contributed by atoms with Crippen molar-refractivity contribution in [3.8, 4) is 0 Å². The number of aromatic nitrogens is 2. The van der Waals surface area contributed by atoms with Gasteiger partial charge in [-0.3, -0.25) is 9.48 Å². The molecule has 0 saturated heterocycles. The Kier molecular flexibility index (Phi) is 6.68. The zero-order valence-corrected chi connectivity index (χ0v) is 14.5. The summed E-state index contributed by atoms with van der Waals surface area (Å²) in [6.07, 6.45) is 0. The summed E-state index contributed by atoms with van der Waals surface area (Å²) in [5, 5.41) is 10.6. The van der Waals surface area contributed by atoms with Crippen molar-refractivity contribution in [1.82, 2.24) is 20.4 Å². The Morgan fingerprint density at radius 2 is 2.05 bits per heavy atom. The molecule has 1 amide bonds. The zero-order chi connectivity index (χ0) is 15.3.